The van der Waals surface area contributed by atoms with Crippen LogP contribution in [0, 0.1) is 11.3 Å². The average molecular weight is 490 g/mol. The fourth-order valence-electron chi connectivity index (χ4n) is 4.65. The predicted octanol–water partition coefficient (Wildman–Crippen LogP) is 3.99. The molecule has 35 heavy (non-hydrogen) atoms. The highest BCUT2D eigenvalue weighted by molar-refractivity contribution is 5.68. The highest BCUT2D eigenvalue weighted by Gasteiger charge is 2.42. The number of aliphatic hydroxyl groups excluding tert-OH is 1. The van der Waals surface area contributed by atoms with Gasteiger partial charge >= 0.3 is 6.18 Å². The van der Waals surface area contributed by atoms with E-state index < -0.39 is 12.8 Å². The van der Waals surface area contributed by atoms with Gasteiger partial charge in [0.15, 0.2) is 18.1 Å². The van der Waals surface area contributed by atoms with Gasteiger partial charge < -0.3 is 24.8 Å². The average Bonchev–Trinajstić information content (AvgIpc) is 3.47. The number of para-hydroxylation sites is 2. The standard InChI is InChI=1S/C26H30F3N3O3/c27-26(28,29)18-35-23-5-2-1-4-22(23)34-13-9-31-25(7-8-25)16-19-14-20-6-11-32(10-3-12-33)24(20)21(15-19)17-30/h1-2,4-5,14-15,31,33H,3,6-13,16,18H2. The van der Waals surface area contributed by atoms with E-state index in [4.69, 9.17) is 14.6 Å². The number of alkyl halides is 3. The van der Waals surface area contributed by atoms with Crippen molar-refractivity contribution in [2.45, 2.75) is 43.8 Å². The van der Waals surface area contributed by atoms with Crippen LogP contribution in [-0.4, -0.2) is 56.3 Å². The fraction of sp³-hybridized carbons (Fsp3) is 0.500. The molecule has 0 atom stereocenters. The third-order valence-corrected chi connectivity index (χ3v) is 6.42. The molecule has 1 fully saturated rings. The Bertz CT molecular complexity index is 1060. The Morgan fingerprint density at radius 1 is 1.14 bits per heavy atom. The summed E-state index contributed by atoms with van der Waals surface area (Å²) < 4.78 is 48.0. The Balaban J connectivity index is 1.32. The zero-order chi connectivity index (χ0) is 24.9. The van der Waals surface area contributed by atoms with Crippen molar-refractivity contribution < 1.29 is 27.8 Å². The second-order valence-corrected chi connectivity index (χ2v) is 9.16. The van der Waals surface area contributed by atoms with Gasteiger partial charge in [0.2, 0.25) is 0 Å². The number of fused-ring (bicyclic) bond motifs is 1. The number of ether oxygens (including phenoxy) is 2. The minimum atomic E-state index is -4.41. The molecular weight excluding hydrogens is 459 g/mol. The maximum absolute atomic E-state index is 12.5. The van der Waals surface area contributed by atoms with Crippen molar-refractivity contribution in [3.05, 3.63) is 53.1 Å². The summed E-state index contributed by atoms with van der Waals surface area (Å²) in [4.78, 5) is 2.19. The molecule has 1 aliphatic carbocycles. The van der Waals surface area contributed by atoms with Crippen molar-refractivity contribution in [2.24, 2.45) is 0 Å². The number of hydrogen-bond donors (Lipinski definition) is 2. The number of hydrogen-bond acceptors (Lipinski definition) is 6. The van der Waals surface area contributed by atoms with Crippen LogP contribution < -0.4 is 19.7 Å². The molecule has 0 spiro atoms. The van der Waals surface area contributed by atoms with Gasteiger partial charge in [-0.15, -0.1) is 0 Å². The molecular formula is C26H30F3N3O3. The minimum Gasteiger partial charge on any atom is -0.488 e. The quantitative estimate of drug-likeness (QED) is 0.439. The van der Waals surface area contributed by atoms with Gasteiger partial charge in [0, 0.05) is 31.8 Å². The SMILES string of the molecule is N#Cc1cc(CC2(NCCOc3ccccc3OCC(F)(F)F)CC2)cc2c1N(CCCO)CC2. The molecule has 9 heteroatoms. The normalized spacial score (nSPS) is 16.0. The van der Waals surface area contributed by atoms with Crippen molar-refractivity contribution in [3.8, 4) is 17.6 Å². The number of nitriles is 1. The van der Waals surface area contributed by atoms with Gasteiger partial charge in [-0.1, -0.05) is 18.2 Å². The number of nitrogens with one attached hydrogen (secondary N) is 1. The molecule has 188 valence electrons. The summed E-state index contributed by atoms with van der Waals surface area (Å²) in [5, 5.41) is 22.4. The lowest BCUT2D eigenvalue weighted by molar-refractivity contribution is -0.153. The summed E-state index contributed by atoms with van der Waals surface area (Å²) in [5.74, 6) is 0.354. The van der Waals surface area contributed by atoms with Crippen molar-refractivity contribution in [1.29, 1.82) is 5.26 Å². The molecule has 2 aromatic carbocycles. The molecule has 0 aromatic heterocycles. The molecule has 0 saturated heterocycles. The highest BCUT2D eigenvalue weighted by atomic mass is 19.4. The molecule has 0 bridgehead atoms. The van der Waals surface area contributed by atoms with Crippen LogP contribution in [0.15, 0.2) is 36.4 Å². The van der Waals surface area contributed by atoms with Crippen molar-refractivity contribution in [2.75, 3.05) is 44.4 Å². The first-order valence-electron chi connectivity index (χ1n) is 11.9. The predicted molar refractivity (Wildman–Crippen MR) is 126 cm³/mol. The monoisotopic (exact) mass is 489 g/mol. The number of nitrogens with zero attached hydrogens (tertiary/aromatic N) is 2. The minimum absolute atomic E-state index is 0.0498. The van der Waals surface area contributed by atoms with E-state index in [0.29, 0.717) is 25.1 Å². The Hall–Kier alpha value is -2.96. The largest absolute Gasteiger partial charge is 0.488 e. The molecule has 2 N–H and O–H groups in total. The summed E-state index contributed by atoms with van der Waals surface area (Å²) >= 11 is 0. The molecule has 6 nitrogen and oxygen atoms in total. The van der Waals surface area contributed by atoms with E-state index in [1.165, 1.54) is 11.6 Å². The van der Waals surface area contributed by atoms with Crippen LogP contribution in [-0.2, 0) is 12.8 Å². The summed E-state index contributed by atoms with van der Waals surface area (Å²) in [6.07, 6.45) is -0.00218. The topological polar surface area (TPSA) is 77.8 Å². The molecule has 0 radical (unpaired) electrons. The zero-order valence-corrected chi connectivity index (χ0v) is 19.5. The summed E-state index contributed by atoms with van der Waals surface area (Å²) in [7, 11) is 0. The smallest absolute Gasteiger partial charge is 0.422 e. The van der Waals surface area contributed by atoms with Crippen LogP contribution in [0.4, 0.5) is 18.9 Å². The Labute approximate surface area is 203 Å². The molecule has 1 heterocycles. The van der Waals surface area contributed by atoms with Gasteiger partial charge in [-0.25, -0.2) is 0 Å². The number of aliphatic hydroxyl groups is 1. The fourth-order valence-corrected chi connectivity index (χ4v) is 4.65. The van der Waals surface area contributed by atoms with Gasteiger partial charge in [0.05, 0.1) is 11.3 Å². The second kappa shape index (κ2) is 10.8. The Kier molecular flexibility index (Phi) is 7.72. The van der Waals surface area contributed by atoms with E-state index in [1.54, 1.807) is 18.2 Å². The molecule has 0 amide bonds. The third-order valence-electron chi connectivity index (χ3n) is 6.42. The van der Waals surface area contributed by atoms with E-state index in [2.05, 4.69) is 22.4 Å². The number of rotatable bonds is 12. The summed E-state index contributed by atoms with van der Waals surface area (Å²) in [5.41, 5.74) is 3.95. The van der Waals surface area contributed by atoms with E-state index in [1.807, 2.05) is 6.07 Å². The van der Waals surface area contributed by atoms with E-state index in [0.717, 1.165) is 50.0 Å². The zero-order valence-electron chi connectivity index (χ0n) is 19.5. The summed E-state index contributed by atoms with van der Waals surface area (Å²) in [6.45, 7) is 1.21. The number of halogens is 3. The lowest BCUT2D eigenvalue weighted by atomic mass is 9.97. The van der Waals surface area contributed by atoms with E-state index in [9.17, 15) is 18.4 Å². The van der Waals surface area contributed by atoms with E-state index in [-0.39, 0.29) is 23.6 Å². The van der Waals surface area contributed by atoms with Crippen LogP contribution >= 0.6 is 0 Å². The second-order valence-electron chi connectivity index (χ2n) is 9.16. The van der Waals surface area contributed by atoms with E-state index >= 15 is 0 Å². The van der Waals surface area contributed by atoms with Gasteiger partial charge in [-0.2, -0.15) is 18.4 Å². The van der Waals surface area contributed by atoms with Crippen molar-refractivity contribution >= 4 is 5.69 Å². The highest BCUT2D eigenvalue weighted by Crippen LogP contribution is 2.41. The molecule has 1 saturated carbocycles. The first-order valence-corrected chi connectivity index (χ1v) is 11.9. The van der Waals surface area contributed by atoms with Crippen LogP contribution in [0.2, 0.25) is 0 Å². The molecule has 0 unspecified atom stereocenters. The van der Waals surface area contributed by atoms with Gasteiger partial charge in [0.25, 0.3) is 0 Å². The maximum atomic E-state index is 12.5. The molecule has 2 aliphatic rings. The van der Waals surface area contributed by atoms with Crippen molar-refractivity contribution in [1.82, 2.24) is 5.32 Å². The third kappa shape index (κ3) is 6.59. The Morgan fingerprint density at radius 3 is 2.54 bits per heavy atom. The lowest BCUT2D eigenvalue weighted by Crippen LogP contribution is -2.36. The summed E-state index contributed by atoms with van der Waals surface area (Å²) in [6, 6.07) is 12.9. The van der Waals surface area contributed by atoms with Gasteiger partial charge in [-0.3, -0.25) is 0 Å². The van der Waals surface area contributed by atoms with Crippen LogP contribution in [0.25, 0.3) is 0 Å². The van der Waals surface area contributed by atoms with Gasteiger partial charge in [-0.05, 0) is 61.4 Å². The van der Waals surface area contributed by atoms with Crippen molar-refractivity contribution in [3.63, 3.8) is 0 Å². The number of benzene rings is 2. The molecule has 1 aliphatic heterocycles. The van der Waals surface area contributed by atoms with Crippen LogP contribution in [0.5, 0.6) is 11.5 Å². The molecule has 4 rings (SSSR count). The lowest BCUT2D eigenvalue weighted by Gasteiger charge is -2.22. The Morgan fingerprint density at radius 2 is 1.89 bits per heavy atom. The molecule has 2 aromatic rings. The maximum Gasteiger partial charge on any atom is 0.422 e. The van der Waals surface area contributed by atoms with Gasteiger partial charge in [0.1, 0.15) is 12.7 Å². The van der Waals surface area contributed by atoms with Crippen LogP contribution in [0.1, 0.15) is 36.0 Å². The first kappa shape index (κ1) is 25.1. The first-order chi connectivity index (χ1) is 16.8. The van der Waals surface area contributed by atoms with Crippen LogP contribution in [0.3, 0.4) is 0 Å². The number of anilines is 1.